The van der Waals surface area contributed by atoms with Crippen LogP contribution in [0, 0.1) is 17.1 Å². The Morgan fingerprint density at radius 3 is 2.23 bits per heavy atom. The molecule has 0 aromatic heterocycles. The Morgan fingerprint density at radius 2 is 1.63 bits per heavy atom. The predicted molar refractivity (Wildman–Crippen MR) is 112 cm³/mol. The van der Waals surface area contributed by atoms with E-state index in [1.807, 2.05) is 6.07 Å². The molecule has 0 atom stereocenters. The molecule has 0 radical (unpaired) electrons. The third-order valence-electron chi connectivity index (χ3n) is 4.22. The summed E-state index contributed by atoms with van der Waals surface area (Å²) in [5, 5.41) is 12.0. The fourth-order valence-corrected chi connectivity index (χ4v) is 2.60. The van der Waals surface area contributed by atoms with Gasteiger partial charge in [0.2, 0.25) is 0 Å². The first-order chi connectivity index (χ1) is 14.6. The number of hydrogen-bond donors (Lipinski definition) is 1. The highest BCUT2D eigenvalue weighted by Crippen LogP contribution is 2.18. The lowest BCUT2D eigenvalue weighted by Crippen LogP contribution is -2.13. The summed E-state index contributed by atoms with van der Waals surface area (Å²) in [5.74, 6) is 0.502. The number of nitrogens with one attached hydrogen (secondary N) is 1. The highest BCUT2D eigenvalue weighted by atomic mass is 19.1. The van der Waals surface area contributed by atoms with Crippen LogP contribution in [0.25, 0.3) is 6.08 Å². The van der Waals surface area contributed by atoms with Crippen LogP contribution in [0.2, 0.25) is 0 Å². The molecule has 0 saturated heterocycles. The van der Waals surface area contributed by atoms with Crippen molar-refractivity contribution in [2.24, 2.45) is 0 Å². The van der Waals surface area contributed by atoms with Gasteiger partial charge in [-0.15, -0.1) is 0 Å². The number of methoxy groups -OCH3 is 1. The van der Waals surface area contributed by atoms with Crippen LogP contribution in [0.5, 0.6) is 11.5 Å². The molecule has 3 aromatic rings. The molecule has 1 amide bonds. The molecular formula is C24H19FN2O3. The molecule has 150 valence electrons. The second-order valence-corrected chi connectivity index (χ2v) is 6.34. The molecule has 0 unspecified atom stereocenters. The van der Waals surface area contributed by atoms with Gasteiger partial charge in [0, 0.05) is 5.69 Å². The lowest BCUT2D eigenvalue weighted by molar-refractivity contribution is -0.112. The number of nitrogens with zero attached hydrogens (tertiary/aromatic N) is 1. The topological polar surface area (TPSA) is 71.3 Å². The number of rotatable bonds is 7. The molecule has 0 spiro atoms. The third kappa shape index (κ3) is 5.69. The van der Waals surface area contributed by atoms with E-state index in [1.165, 1.54) is 18.2 Å². The number of benzene rings is 3. The highest BCUT2D eigenvalue weighted by molar-refractivity contribution is 6.09. The van der Waals surface area contributed by atoms with E-state index in [0.29, 0.717) is 29.4 Å². The fourth-order valence-electron chi connectivity index (χ4n) is 2.60. The minimum Gasteiger partial charge on any atom is -0.497 e. The minimum atomic E-state index is -0.501. The van der Waals surface area contributed by atoms with Crippen molar-refractivity contribution in [3.05, 3.63) is 95.3 Å². The molecule has 0 saturated carbocycles. The molecular weight excluding hydrogens is 383 g/mol. The first-order valence-corrected chi connectivity index (χ1v) is 9.12. The van der Waals surface area contributed by atoms with Crippen LogP contribution in [0.3, 0.4) is 0 Å². The Balaban J connectivity index is 1.62. The highest BCUT2D eigenvalue weighted by Gasteiger charge is 2.10. The van der Waals surface area contributed by atoms with Gasteiger partial charge in [0.25, 0.3) is 5.91 Å². The van der Waals surface area contributed by atoms with E-state index in [1.54, 1.807) is 67.8 Å². The fraction of sp³-hybridized carbons (Fsp3) is 0.0833. The summed E-state index contributed by atoms with van der Waals surface area (Å²) in [6, 6.07) is 21.8. The van der Waals surface area contributed by atoms with Crippen molar-refractivity contribution in [3.8, 4) is 17.6 Å². The normalized spacial score (nSPS) is 10.8. The number of nitriles is 1. The molecule has 3 rings (SSSR count). The quantitative estimate of drug-likeness (QED) is 0.448. The number of carbonyl (C=O) groups excluding carboxylic acids is 1. The van der Waals surface area contributed by atoms with Crippen molar-refractivity contribution < 1.29 is 18.7 Å². The molecule has 0 fully saturated rings. The molecule has 0 heterocycles. The zero-order valence-corrected chi connectivity index (χ0v) is 16.3. The van der Waals surface area contributed by atoms with Crippen LogP contribution in [0.15, 0.2) is 78.4 Å². The minimum absolute atomic E-state index is 0.0224. The van der Waals surface area contributed by atoms with Crippen molar-refractivity contribution in [3.63, 3.8) is 0 Å². The summed E-state index contributed by atoms with van der Waals surface area (Å²) in [4.78, 5) is 12.4. The lowest BCUT2D eigenvalue weighted by atomic mass is 10.1. The Kier molecular flexibility index (Phi) is 6.80. The molecule has 6 heteroatoms. The summed E-state index contributed by atoms with van der Waals surface area (Å²) < 4.78 is 23.7. The number of ether oxygens (including phenoxy) is 2. The van der Waals surface area contributed by atoms with E-state index in [0.717, 1.165) is 5.56 Å². The second kappa shape index (κ2) is 9.89. The number of halogens is 1. The summed E-state index contributed by atoms with van der Waals surface area (Å²) in [7, 11) is 1.56. The van der Waals surface area contributed by atoms with Gasteiger partial charge in [0.15, 0.2) is 0 Å². The van der Waals surface area contributed by atoms with E-state index < -0.39 is 5.91 Å². The van der Waals surface area contributed by atoms with Gasteiger partial charge >= 0.3 is 0 Å². The van der Waals surface area contributed by atoms with Gasteiger partial charge in [-0.2, -0.15) is 5.26 Å². The van der Waals surface area contributed by atoms with Crippen molar-refractivity contribution in [1.82, 2.24) is 0 Å². The molecule has 3 aromatic carbocycles. The smallest absolute Gasteiger partial charge is 0.266 e. The summed E-state index contributed by atoms with van der Waals surface area (Å²) in [6.45, 7) is 0.309. The Morgan fingerprint density at radius 1 is 1.00 bits per heavy atom. The summed E-state index contributed by atoms with van der Waals surface area (Å²) >= 11 is 0. The van der Waals surface area contributed by atoms with Crippen molar-refractivity contribution in [2.45, 2.75) is 6.61 Å². The average molecular weight is 402 g/mol. The molecule has 1 N–H and O–H groups in total. The van der Waals surface area contributed by atoms with Crippen LogP contribution >= 0.6 is 0 Å². The Hall–Kier alpha value is -4.11. The van der Waals surface area contributed by atoms with Crippen LogP contribution in [-0.2, 0) is 11.4 Å². The van der Waals surface area contributed by atoms with Crippen LogP contribution < -0.4 is 14.8 Å². The zero-order valence-electron chi connectivity index (χ0n) is 16.3. The van der Waals surface area contributed by atoms with Gasteiger partial charge < -0.3 is 14.8 Å². The number of anilines is 1. The second-order valence-electron chi connectivity index (χ2n) is 6.34. The zero-order chi connectivity index (χ0) is 21.3. The van der Waals surface area contributed by atoms with Crippen molar-refractivity contribution in [1.29, 1.82) is 5.26 Å². The molecule has 0 aliphatic rings. The van der Waals surface area contributed by atoms with Crippen LogP contribution in [0.4, 0.5) is 10.1 Å². The number of amides is 1. The van der Waals surface area contributed by atoms with E-state index in [2.05, 4.69) is 5.32 Å². The standard InChI is InChI=1S/C24H19FN2O3/c1-29-22-12-8-21(9-13-22)27-24(28)19(15-26)14-17-4-10-23(11-5-17)30-16-18-2-6-20(25)7-3-18/h2-14H,16H2,1H3,(H,27,28)/b19-14-. The maximum Gasteiger partial charge on any atom is 0.266 e. The number of hydrogen-bond acceptors (Lipinski definition) is 4. The Bertz CT molecular complexity index is 1070. The molecule has 0 aliphatic carbocycles. The summed E-state index contributed by atoms with van der Waals surface area (Å²) in [5.41, 5.74) is 2.07. The SMILES string of the molecule is COc1ccc(NC(=O)/C(C#N)=C\c2ccc(OCc3ccc(F)cc3)cc2)cc1. The number of carbonyl (C=O) groups is 1. The molecule has 30 heavy (non-hydrogen) atoms. The maximum absolute atomic E-state index is 12.9. The molecule has 0 aliphatic heterocycles. The molecule has 0 bridgehead atoms. The first-order valence-electron chi connectivity index (χ1n) is 9.12. The van der Waals surface area contributed by atoms with E-state index in [-0.39, 0.29) is 11.4 Å². The van der Waals surface area contributed by atoms with Crippen LogP contribution in [0.1, 0.15) is 11.1 Å². The summed E-state index contributed by atoms with van der Waals surface area (Å²) in [6.07, 6.45) is 1.50. The Labute approximate surface area is 174 Å². The van der Waals surface area contributed by atoms with Gasteiger partial charge in [0.05, 0.1) is 7.11 Å². The van der Waals surface area contributed by atoms with Gasteiger partial charge in [-0.05, 0) is 65.7 Å². The van der Waals surface area contributed by atoms with E-state index in [9.17, 15) is 14.4 Å². The van der Waals surface area contributed by atoms with E-state index >= 15 is 0 Å². The largest absolute Gasteiger partial charge is 0.497 e. The van der Waals surface area contributed by atoms with Crippen molar-refractivity contribution in [2.75, 3.05) is 12.4 Å². The molecule has 5 nitrogen and oxygen atoms in total. The van der Waals surface area contributed by atoms with Gasteiger partial charge in [-0.3, -0.25) is 4.79 Å². The first kappa shape index (κ1) is 20.6. The predicted octanol–water partition coefficient (Wildman–Crippen LogP) is 4.96. The van der Waals surface area contributed by atoms with Gasteiger partial charge in [0.1, 0.15) is 35.6 Å². The van der Waals surface area contributed by atoms with Crippen LogP contribution in [-0.4, -0.2) is 13.0 Å². The lowest BCUT2D eigenvalue weighted by Gasteiger charge is -2.07. The monoisotopic (exact) mass is 402 g/mol. The van der Waals surface area contributed by atoms with Crippen molar-refractivity contribution >= 4 is 17.7 Å². The van der Waals surface area contributed by atoms with E-state index in [4.69, 9.17) is 9.47 Å². The van der Waals surface area contributed by atoms with Gasteiger partial charge in [-0.1, -0.05) is 24.3 Å². The average Bonchev–Trinajstić information content (AvgIpc) is 2.78. The maximum atomic E-state index is 12.9. The van der Waals surface area contributed by atoms with Gasteiger partial charge in [-0.25, -0.2) is 4.39 Å². The third-order valence-corrected chi connectivity index (χ3v) is 4.22.